The van der Waals surface area contributed by atoms with Crippen LogP contribution in [-0.2, 0) is 25.9 Å². The number of non-ortho nitro benzene ring substituents is 1. The third-order valence-electron chi connectivity index (χ3n) is 3.58. The lowest BCUT2D eigenvalue weighted by atomic mass is 10.2. The molecule has 0 fully saturated rings. The molecule has 110 valence electrons. The highest BCUT2D eigenvalue weighted by molar-refractivity contribution is 7.12. The van der Waals surface area contributed by atoms with Gasteiger partial charge in [0.05, 0.1) is 11.0 Å². The number of hydrogen-bond acceptors (Lipinski definition) is 4. The van der Waals surface area contributed by atoms with Gasteiger partial charge in [0.25, 0.3) is 5.69 Å². The molecule has 1 aliphatic rings. The van der Waals surface area contributed by atoms with Crippen LogP contribution in [0.25, 0.3) is 0 Å². The SMILES string of the molecule is O=[N+]([O-])c1cc(F)cc(CNCc2cc3c(s2)CCC3)c1. The molecule has 4 nitrogen and oxygen atoms in total. The van der Waals surface area contributed by atoms with E-state index in [4.69, 9.17) is 0 Å². The van der Waals surface area contributed by atoms with E-state index in [-0.39, 0.29) is 5.69 Å². The summed E-state index contributed by atoms with van der Waals surface area (Å²) in [6.45, 7) is 1.13. The summed E-state index contributed by atoms with van der Waals surface area (Å²) in [6, 6.07) is 5.90. The second-order valence-electron chi connectivity index (χ2n) is 5.19. The number of thiophene rings is 1. The minimum atomic E-state index is -0.573. The second kappa shape index (κ2) is 5.91. The summed E-state index contributed by atoms with van der Waals surface area (Å²) in [4.78, 5) is 12.9. The first kappa shape index (κ1) is 14.2. The van der Waals surface area contributed by atoms with E-state index in [1.165, 1.54) is 46.7 Å². The number of nitrogens with zero attached hydrogens (tertiary/aromatic N) is 1. The van der Waals surface area contributed by atoms with Crippen LogP contribution in [0.15, 0.2) is 24.3 Å². The Kier molecular flexibility index (Phi) is 3.98. The largest absolute Gasteiger partial charge is 0.308 e. The van der Waals surface area contributed by atoms with E-state index < -0.39 is 10.7 Å². The fourth-order valence-corrected chi connectivity index (χ4v) is 3.88. The van der Waals surface area contributed by atoms with Crippen molar-refractivity contribution in [1.29, 1.82) is 0 Å². The normalized spacial score (nSPS) is 13.4. The van der Waals surface area contributed by atoms with Crippen LogP contribution in [0.5, 0.6) is 0 Å². The van der Waals surface area contributed by atoms with Crippen molar-refractivity contribution in [2.24, 2.45) is 0 Å². The van der Waals surface area contributed by atoms with E-state index in [9.17, 15) is 14.5 Å². The van der Waals surface area contributed by atoms with Gasteiger partial charge in [0, 0.05) is 28.9 Å². The van der Waals surface area contributed by atoms with E-state index in [1.807, 2.05) is 11.3 Å². The summed E-state index contributed by atoms with van der Waals surface area (Å²) in [6.07, 6.45) is 3.60. The molecule has 0 bridgehead atoms. The van der Waals surface area contributed by atoms with Crippen LogP contribution >= 0.6 is 11.3 Å². The van der Waals surface area contributed by atoms with Gasteiger partial charge >= 0.3 is 0 Å². The number of hydrogen-bond donors (Lipinski definition) is 1. The summed E-state index contributed by atoms with van der Waals surface area (Å²) >= 11 is 1.82. The summed E-state index contributed by atoms with van der Waals surface area (Å²) in [5.41, 5.74) is 1.84. The highest BCUT2D eigenvalue weighted by Gasteiger charge is 2.14. The Labute approximate surface area is 125 Å². The molecule has 6 heteroatoms. The van der Waals surface area contributed by atoms with Crippen LogP contribution in [0.3, 0.4) is 0 Å². The number of halogens is 1. The van der Waals surface area contributed by atoms with E-state index in [2.05, 4.69) is 11.4 Å². The molecule has 2 aromatic rings. The van der Waals surface area contributed by atoms with Gasteiger partial charge < -0.3 is 5.32 Å². The number of nitro benzene ring substituents is 1. The lowest BCUT2D eigenvalue weighted by Gasteiger charge is -2.04. The number of fused-ring (bicyclic) bond motifs is 1. The van der Waals surface area contributed by atoms with Crippen LogP contribution in [-0.4, -0.2) is 4.92 Å². The van der Waals surface area contributed by atoms with Crippen molar-refractivity contribution >= 4 is 17.0 Å². The number of rotatable bonds is 5. The van der Waals surface area contributed by atoms with E-state index in [0.717, 1.165) is 6.07 Å². The van der Waals surface area contributed by atoms with Crippen molar-refractivity contribution in [3.05, 3.63) is 61.1 Å². The minimum Gasteiger partial charge on any atom is -0.308 e. The molecule has 0 aliphatic heterocycles. The quantitative estimate of drug-likeness (QED) is 0.678. The molecule has 0 radical (unpaired) electrons. The Morgan fingerprint density at radius 2 is 2.10 bits per heavy atom. The number of nitrogens with one attached hydrogen (secondary N) is 1. The first-order chi connectivity index (χ1) is 10.1. The highest BCUT2D eigenvalue weighted by atomic mass is 32.1. The summed E-state index contributed by atoms with van der Waals surface area (Å²) in [7, 11) is 0. The Bertz CT molecular complexity index is 663. The highest BCUT2D eigenvalue weighted by Crippen LogP contribution is 2.30. The molecule has 21 heavy (non-hydrogen) atoms. The Morgan fingerprint density at radius 1 is 1.24 bits per heavy atom. The van der Waals surface area contributed by atoms with Gasteiger partial charge in [-0.1, -0.05) is 0 Å². The molecule has 1 aromatic heterocycles. The van der Waals surface area contributed by atoms with E-state index in [1.54, 1.807) is 0 Å². The van der Waals surface area contributed by atoms with Gasteiger partial charge in [-0.25, -0.2) is 4.39 Å². The minimum absolute atomic E-state index is 0.207. The topological polar surface area (TPSA) is 55.2 Å². The van der Waals surface area contributed by atoms with Crippen LogP contribution < -0.4 is 5.32 Å². The third kappa shape index (κ3) is 3.28. The van der Waals surface area contributed by atoms with Crippen LogP contribution in [0, 0.1) is 15.9 Å². The maximum atomic E-state index is 13.3. The molecule has 1 aliphatic carbocycles. The molecule has 1 N–H and O–H groups in total. The van der Waals surface area contributed by atoms with Crippen LogP contribution in [0.4, 0.5) is 10.1 Å². The number of nitro groups is 1. The summed E-state index contributed by atoms with van der Waals surface area (Å²) in [5.74, 6) is -0.573. The van der Waals surface area contributed by atoms with Gasteiger partial charge in [0.2, 0.25) is 0 Å². The van der Waals surface area contributed by atoms with Gasteiger partial charge in [-0.05, 0) is 42.5 Å². The van der Waals surface area contributed by atoms with Crippen molar-refractivity contribution in [2.75, 3.05) is 0 Å². The molecule has 0 amide bonds. The average Bonchev–Trinajstić information content (AvgIpc) is 2.99. The van der Waals surface area contributed by atoms with Gasteiger partial charge in [-0.15, -0.1) is 11.3 Å². The average molecular weight is 306 g/mol. The predicted molar refractivity (Wildman–Crippen MR) is 79.9 cm³/mol. The number of aryl methyl sites for hydroxylation is 2. The van der Waals surface area contributed by atoms with Gasteiger partial charge in [0.15, 0.2) is 0 Å². The maximum absolute atomic E-state index is 13.3. The molecule has 0 saturated heterocycles. The predicted octanol–water partition coefficient (Wildman–Crippen LogP) is 3.57. The van der Waals surface area contributed by atoms with Crippen molar-refractivity contribution in [3.8, 4) is 0 Å². The lowest BCUT2D eigenvalue weighted by molar-refractivity contribution is -0.385. The Morgan fingerprint density at radius 3 is 2.86 bits per heavy atom. The fourth-order valence-electron chi connectivity index (χ4n) is 2.65. The molecule has 0 atom stereocenters. The first-order valence-electron chi connectivity index (χ1n) is 6.87. The molecule has 3 rings (SSSR count). The molecular weight excluding hydrogens is 291 g/mol. The Hall–Kier alpha value is -1.79. The van der Waals surface area contributed by atoms with E-state index in [0.29, 0.717) is 18.7 Å². The smallest absolute Gasteiger partial charge is 0.272 e. The van der Waals surface area contributed by atoms with Crippen LogP contribution in [0.2, 0.25) is 0 Å². The van der Waals surface area contributed by atoms with Gasteiger partial charge in [0.1, 0.15) is 5.82 Å². The van der Waals surface area contributed by atoms with E-state index >= 15 is 0 Å². The molecular formula is C15H15FN2O2S. The zero-order chi connectivity index (χ0) is 14.8. The molecule has 1 aromatic carbocycles. The summed E-state index contributed by atoms with van der Waals surface area (Å²) < 4.78 is 13.3. The second-order valence-corrected chi connectivity index (χ2v) is 6.41. The Balaban J connectivity index is 1.61. The monoisotopic (exact) mass is 306 g/mol. The standard InChI is InChI=1S/C15H15FN2O2S/c16-12-4-10(5-13(7-12)18(19)20)8-17-9-14-6-11-2-1-3-15(11)21-14/h4-7,17H,1-3,8-9H2. The lowest BCUT2D eigenvalue weighted by Crippen LogP contribution is -2.12. The third-order valence-corrected chi connectivity index (χ3v) is 4.82. The molecule has 0 spiro atoms. The van der Waals surface area contributed by atoms with Crippen molar-refractivity contribution < 1.29 is 9.31 Å². The molecule has 0 saturated carbocycles. The maximum Gasteiger partial charge on any atom is 0.272 e. The van der Waals surface area contributed by atoms with Crippen molar-refractivity contribution in [3.63, 3.8) is 0 Å². The molecule has 0 unspecified atom stereocenters. The fraction of sp³-hybridized carbons (Fsp3) is 0.333. The molecule has 1 heterocycles. The van der Waals surface area contributed by atoms with Crippen molar-refractivity contribution in [2.45, 2.75) is 32.4 Å². The number of benzene rings is 1. The summed E-state index contributed by atoms with van der Waals surface area (Å²) in [5, 5.41) is 13.9. The first-order valence-corrected chi connectivity index (χ1v) is 7.68. The zero-order valence-electron chi connectivity index (χ0n) is 11.4. The van der Waals surface area contributed by atoms with Crippen molar-refractivity contribution in [1.82, 2.24) is 5.32 Å². The van der Waals surface area contributed by atoms with Gasteiger partial charge in [-0.2, -0.15) is 0 Å². The zero-order valence-corrected chi connectivity index (χ0v) is 12.2. The van der Waals surface area contributed by atoms with Crippen LogP contribution in [0.1, 0.15) is 27.3 Å². The van der Waals surface area contributed by atoms with Gasteiger partial charge in [-0.3, -0.25) is 10.1 Å².